The van der Waals surface area contributed by atoms with Crippen molar-refractivity contribution < 1.29 is 29.0 Å². The number of hydrogen-bond acceptors (Lipinski definition) is 12. The molecule has 17 heteroatoms. The SMILES string of the molecule is CC(C)(C(=O)Nc1nncs1)[C@H]1c2ccccc2Oc2nc(NC(=O)NCCN3CCCC3)ccc21.CC(C)(C(=O)O)[C@H]1c2ccccc2Oc2nc(Cl)ccc21.CN. The predicted octanol–water partition coefficient (Wildman–Crippen LogP) is 7.71. The van der Waals surface area contributed by atoms with Crippen LogP contribution in [0.5, 0.6) is 23.3 Å². The summed E-state index contributed by atoms with van der Waals surface area (Å²) in [5.41, 5.74) is 7.46. The highest BCUT2D eigenvalue weighted by Crippen LogP contribution is 2.53. The van der Waals surface area contributed by atoms with Crippen LogP contribution in [0.3, 0.4) is 0 Å². The lowest BCUT2D eigenvalue weighted by Crippen LogP contribution is -2.38. The van der Waals surface area contributed by atoms with Crippen molar-refractivity contribution in [1.82, 2.24) is 30.4 Å². The average Bonchev–Trinajstić information content (AvgIpc) is 3.95. The molecule has 3 aliphatic rings. The number of aromatic nitrogens is 4. The van der Waals surface area contributed by atoms with Gasteiger partial charge in [0.2, 0.25) is 22.8 Å². The highest BCUT2D eigenvalue weighted by atomic mass is 35.5. The Labute approximate surface area is 351 Å². The number of nitrogens with two attached hydrogens (primary N) is 1. The molecule has 6 N–H and O–H groups in total. The lowest BCUT2D eigenvalue weighted by molar-refractivity contribution is -0.147. The number of carbonyl (C=O) groups excluding carboxylic acids is 2. The number of anilines is 2. The van der Waals surface area contributed by atoms with Gasteiger partial charge in [0.05, 0.1) is 10.8 Å². The smallest absolute Gasteiger partial charge is 0.320 e. The number of carboxylic acids is 1. The van der Waals surface area contributed by atoms with Gasteiger partial charge in [0.25, 0.3) is 0 Å². The number of halogens is 1. The van der Waals surface area contributed by atoms with Gasteiger partial charge in [-0.3, -0.25) is 14.9 Å². The molecule has 0 spiro atoms. The molecule has 3 amide bonds. The summed E-state index contributed by atoms with van der Waals surface area (Å²) in [5.74, 6) is 0.635. The van der Waals surface area contributed by atoms with Crippen molar-refractivity contribution in [2.75, 3.05) is 43.9 Å². The molecule has 2 atom stereocenters. The van der Waals surface area contributed by atoms with E-state index >= 15 is 0 Å². The first kappa shape index (κ1) is 42.9. The third-order valence-corrected chi connectivity index (χ3v) is 11.4. The van der Waals surface area contributed by atoms with Crippen molar-refractivity contribution >= 4 is 51.8 Å². The van der Waals surface area contributed by atoms with Crippen molar-refractivity contribution in [2.24, 2.45) is 16.6 Å². The number of carboxylic acid groups (broad SMARTS) is 1. The fraction of sp³-hybridized carbons (Fsp3) is 0.357. The van der Waals surface area contributed by atoms with E-state index in [1.807, 2.05) is 68.4 Å². The van der Waals surface area contributed by atoms with Crippen LogP contribution >= 0.6 is 22.9 Å². The molecule has 0 bridgehead atoms. The monoisotopic (exact) mass is 841 g/mol. The third-order valence-electron chi connectivity index (χ3n) is 10.6. The lowest BCUT2D eigenvalue weighted by Gasteiger charge is -2.37. The molecule has 8 rings (SSSR count). The van der Waals surface area contributed by atoms with Crippen molar-refractivity contribution in [3.63, 3.8) is 0 Å². The molecule has 0 unspecified atom stereocenters. The fourth-order valence-corrected chi connectivity index (χ4v) is 8.09. The molecule has 3 aliphatic heterocycles. The van der Waals surface area contributed by atoms with E-state index in [0.29, 0.717) is 45.9 Å². The standard InChI is InChI=1S/C25H29N7O3S.C16H14ClNO3.CH5N/c1-25(2,22(33)30-24-31-27-15-36-24)20-16-7-3-4-8-18(16)35-21-17(20)9-10-19(28-21)29-23(34)26-11-14-32-12-5-6-13-32;1-16(2,15(19)20)13-9-5-3-4-6-11(9)21-14-10(13)7-8-12(17)18-14;1-2/h3-4,7-10,15,20H,5-6,11-14H2,1-2H3,(H,30,31,33)(H2,26,28,29,34);3-8,13H,1-2H3,(H,19,20);2H2,1H3/t20-;13-;/m00./s1. The topological polar surface area (TPSA) is 207 Å². The maximum atomic E-state index is 13.4. The number of pyridine rings is 2. The molecule has 6 heterocycles. The summed E-state index contributed by atoms with van der Waals surface area (Å²) >= 11 is 7.19. The Morgan fingerprint density at radius 1 is 0.814 bits per heavy atom. The summed E-state index contributed by atoms with van der Waals surface area (Å²) in [5, 5.41) is 26.7. The summed E-state index contributed by atoms with van der Waals surface area (Å²) < 4.78 is 11.9. The number of urea groups is 1. The first-order chi connectivity index (χ1) is 28.3. The largest absolute Gasteiger partial charge is 0.481 e. The molecule has 0 saturated carbocycles. The lowest BCUT2D eigenvalue weighted by atomic mass is 9.70. The van der Waals surface area contributed by atoms with Crippen LogP contribution in [-0.4, -0.2) is 81.3 Å². The summed E-state index contributed by atoms with van der Waals surface area (Å²) in [7, 11) is 1.50. The third kappa shape index (κ3) is 9.46. The predicted molar refractivity (Wildman–Crippen MR) is 227 cm³/mol. The van der Waals surface area contributed by atoms with Gasteiger partial charge in [0.15, 0.2) is 0 Å². The normalized spacial score (nSPS) is 16.4. The quantitative estimate of drug-likeness (QED) is 0.0905. The second-order valence-corrected chi connectivity index (χ2v) is 16.4. The Balaban J connectivity index is 0.000000216. The van der Waals surface area contributed by atoms with Crippen LogP contribution in [0.4, 0.5) is 15.7 Å². The number of amides is 3. The molecular weight excluding hydrogens is 794 g/mol. The number of para-hydroxylation sites is 2. The van der Waals surface area contributed by atoms with E-state index in [1.54, 1.807) is 37.6 Å². The molecule has 2 aromatic carbocycles. The zero-order valence-electron chi connectivity index (χ0n) is 33.5. The number of ether oxygens (including phenoxy) is 2. The molecule has 15 nitrogen and oxygen atoms in total. The molecule has 5 aromatic rings. The number of benzene rings is 2. The van der Waals surface area contributed by atoms with Gasteiger partial charge in [-0.25, -0.2) is 9.78 Å². The number of rotatable bonds is 9. The fourth-order valence-electron chi connectivity index (χ4n) is 7.51. The van der Waals surface area contributed by atoms with Gasteiger partial charge in [-0.2, -0.15) is 4.98 Å². The minimum Gasteiger partial charge on any atom is -0.481 e. The van der Waals surface area contributed by atoms with Gasteiger partial charge in [0, 0.05) is 47.2 Å². The molecule has 1 saturated heterocycles. The minimum absolute atomic E-state index is 0.188. The van der Waals surface area contributed by atoms with E-state index in [-0.39, 0.29) is 23.8 Å². The van der Waals surface area contributed by atoms with Gasteiger partial charge >= 0.3 is 12.0 Å². The number of aliphatic carboxylic acids is 1. The number of hydrogen-bond donors (Lipinski definition) is 5. The molecule has 0 radical (unpaired) electrons. The summed E-state index contributed by atoms with van der Waals surface area (Å²) in [6.45, 7) is 10.8. The number of fused-ring (bicyclic) bond motifs is 4. The molecular formula is C42H48ClN9O6S. The van der Waals surface area contributed by atoms with Gasteiger partial charge in [-0.1, -0.05) is 73.2 Å². The van der Waals surface area contributed by atoms with Crippen LogP contribution in [0.15, 0.2) is 78.3 Å². The average molecular weight is 842 g/mol. The van der Waals surface area contributed by atoms with Gasteiger partial charge in [-0.15, -0.1) is 10.2 Å². The first-order valence-electron chi connectivity index (χ1n) is 19.2. The molecule has 1 fully saturated rings. The van der Waals surface area contributed by atoms with Crippen molar-refractivity contribution in [3.8, 4) is 23.3 Å². The molecule has 59 heavy (non-hydrogen) atoms. The summed E-state index contributed by atoms with van der Waals surface area (Å²) in [6, 6.07) is 21.8. The Hall–Kier alpha value is -5.68. The number of carbonyl (C=O) groups is 3. The Morgan fingerprint density at radius 3 is 1.98 bits per heavy atom. The van der Waals surface area contributed by atoms with Crippen LogP contribution < -0.4 is 31.2 Å². The van der Waals surface area contributed by atoms with Crippen LogP contribution in [0.1, 0.15) is 74.6 Å². The van der Waals surface area contributed by atoms with E-state index in [4.69, 9.17) is 21.1 Å². The van der Waals surface area contributed by atoms with Gasteiger partial charge < -0.3 is 35.8 Å². The zero-order chi connectivity index (χ0) is 42.3. The highest BCUT2D eigenvalue weighted by molar-refractivity contribution is 7.13. The Kier molecular flexibility index (Phi) is 13.5. The number of likely N-dealkylation sites (tertiary alicyclic amines) is 1. The van der Waals surface area contributed by atoms with Crippen molar-refractivity contribution in [3.05, 3.63) is 106 Å². The maximum absolute atomic E-state index is 13.4. The van der Waals surface area contributed by atoms with E-state index in [1.165, 1.54) is 31.2 Å². The zero-order valence-corrected chi connectivity index (χ0v) is 35.1. The summed E-state index contributed by atoms with van der Waals surface area (Å²) in [4.78, 5) is 48.6. The highest BCUT2D eigenvalue weighted by Gasteiger charge is 2.45. The number of nitrogens with zero attached hydrogens (tertiary/aromatic N) is 5. The van der Waals surface area contributed by atoms with Crippen molar-refractivity contribution in [2.45, 2.75) is 52.4 Å². The van der Waals surface area contributed by atoms with Crippen LogP contribution in [0.2, 0.25) is 5.15 Å². The summed E-state index contributed by atoms with van der Waals surface area (Å²) in [6.07, 6.45) is 2.44. The van der Waals surface area contributed by atoms with E-state index in [9.17, 15) is 19.5 Å². The van der Waals surface area contributed by atoms with E-state index < -0.39 is 16.8 Å². The maximum Gasteiger partial charge on any atom is 0.320 e. The second-order valence-electron chi connectivity index (χ2n) is 15.1. The molecule has 310 valence electrons. The Bertz CT molecular complexity index is 2280. The van der Waals surface area contributed by atoms with Crippen LogP contribution in [-0.2, 0) is 9.59 Å². The van der Waals surface area contributed by atoms with Crippen molar-refractivity contribution in [1.29, 1.82) is 0 Å². The molecule has 3 aromatic heterocycles. The van der Waals surface area contributed by atoms with E-state index in [0.717, 1.165) is 41.9 Å². The first-order valence-corrected chi connectivity index (χ1v) is 20.5. The van der Waals surface area contributed by atoms with Gasteiger partial charge in [-0.05, 0) is 83.2 Å². The second kappa shape index (κ2) is 18.5. The van der Waals surface area contributed by atoms with Crippen LogP contribution in [0, 0.1) is 10.8 Å². The van der Waals surface area contributed by atoms with E-state index in [2.05, 4.69) is 46.7 Å². The van der Waals surface area contributed by atoms with Gasteiger partial charge in [0.1, 0.15) is 28.0 Å². The minimum atomic E-state index is -0.996. The molecule has 0 aliphatic carbocycles. The Morgan fingerprint density at radius 2 is 1.39 bits per heavy atom. The number of nitrogens with one attached hydrogen (secondary N) is 3. The van der Waals surface area contributed by atoms with Crippen LogP contribution in [0.25, 0.3) is 0 Å².